The fourth-order valence-corrected chi connectivity index (χ4v) is 3.21. The molecular weight excluding hydrogens is 318 g/mol. The van der Waals surface area contributed by atoms with Crippen LogP contribution in [0.3, 0.4) is 0 Å². The third-order valence-corrected chi connectivity index (χ3v) is 4.59. The summed E-state index contributed by atoms with van der Waals surface area (Å²) in [6.07, 6.45) is 2.14. The molecule has 0 aliphatic rings. The van der Waals surface area contributed by atoms with Gasteiger partial charge in [-0.25, -0.2) is 0 Å². The average molecular weight is 344 g/mol. The van der Waals surface area contributed by atoms with Gasteiger partial charge in [0.05, 0.1) is 0 Å². The molecule has 1 N–H and O–H groups in total. The van der Waals surface area contributed by atoms with E-state index in [1.807, 2.05) is 30.3 Å². The van der Waals surface area contributed by atoms with Crippen molar-refractivity contribution in [3.63, 3.8) is 0 Å². The number of hydrogen-bond acceptors (Lipinski definition) is 1. The van der Waals surface area contributed by atoms with Gasteiger partial charge in [0.15, 0.2) is 0 Å². The standard InChI is InChI=1S/C21H26ClNO/c1-16(15-21(2,3)18-7-5-4-6-8-18)23-20(24)14-11-17-9-12-19(22)13-10-17/h4-10,12-13,16H,11,14-15H2,1-3H3,(H,23,24)/t16-/m0/s1. The van der Waals surface area contributed by atoms with Crippen LogP contribution in [0.2, 0.25) is 5.02 Å². The van der Waals surface area contributed by atoms with Gasteiger partial charge in [-0.3, -0.25) is 4.79 Å². The summed E-state index contributed by atoms with van der Waals surface area (Å²) >= 11 is 5.88. The number of halogens is 1. The molecule has 1 atom stereocenters. The van der Waals surface area contributed by atoms with E-state index >= 15 is 0 Å². The van der Waals surface area contributed by atoms with E-state index in [0.29, 0.717) is 6.42 Å². The van der Waals surface area contributed by atoms with Crippen molar-refractivity contribution in [3.05, 3.63) is 70.7 Å². The first-order valence-electron chi connectivity index (χ1n) is 8.46. The molecule has 2 rings (SSSR count). The molecule has 0 radical (unpaired) electrons. The molecule has 0 aliphatic carbocycles. The maximum absolute atomic E-state index is 12.2. The minimum Gasteiger partial charge on any atom is -0.354 e. The van der Waals surface area contributed by atoms with Gasteiger partial charge >= 0.3 is 0 Å². The molecule has 0 unspecified atom stereocenters. The summed E-state index contributed by atoms with van der Waals surface area (Å²) in [4.78, 5) is 12.2. The summed E-state index contributed by atoms with van der Waals surface area (Å²) in [5, 5.41) is 3.84. The summed E-state index contributed by atoms with van der Waals surface area (Å²) in [5.74, 6) is 0.0984. The number of amides is 1. The minimum atomic E-state index is 0.0319. The van der Waals surface area contributed by atoms with Gasteiger partial charge in [0.1, 0.15) is 0 Å². The lowest BCUT2D eigenvalue weighted by molar-refractivity contribution is -0.121. The van der Waals surface area contributed by atoms with E-state index in [-0.39, 0.29) is 17.4 Å². The maximum Gasteiger partial charge on any atom is 0.220 e. The van der Waals surface area contributed by atoms with Crippen molar-refractivity contribution in [1.82, 2.24) is 5.32 Å². The van der Waals surface area contributed by atoms with Crippen molar-refractivity contribution in [2.75, 3.05) is 0 Å². The average Bonchev–Trinajstić information content (AvgIpc) is 2.54. The Labute approximate surface area is 150 Å². The number of rotatable bonds is 7. The van der Waals surface area contributed by atoms with Crippen LogP contribution in [0.15, 0.2) is 54.6 Å². The Hall–Kier alpha value is -1.80. The first-order valence-corrected chi connectivity index (χ1v) is 8.84. The first kappa shape index (κ1) is 18.5. The molecule has 1 amide bonds. The Kier molecular flexibility index (Phi) is 6.44. The normalized spacial score (nSPS) is 12.7. The minimum absolute atomic E-state index is 0.0319. The zero-order valence-electron chi connectivity index (χ0n) is 14.7. The molecule has 0 spiro atoms. The van der Waals surface area contributed by atoms with Gasteiger partial charge in [-0.2, -0.15) is 0 Å². The second-order valence-electron chi connectivity index (χ2n) is 7.05. The lowest BCUT2D eigenvalue weighted by Gasteiger charge is -2.29. The molecule has 0 saturated carbocycles. The molecule has 24 heavy (non-hydrogen) atoms. The second kappa shape index (κ2) is 8.34. The Morgan fingerprint density at radius 3 is 2.33 bits per heavy atom. The topological polar surface area (TPSA) is 29.1 Å². The molecule has 0 fully saturated rings. The Morgan fingerprint density at radius 2 is 1.71 bits per heavy atom. The highest BCUT2D eigenvalue weighted by Crippen LogP contribution is 2.28. The highest BCUT2D eigenvalue weighted by Gasteiger charge is 2.23. The van der Waals surface area contributed by atoms with Crippen LogP contribution in [0.4, 0.5) is 0 Å². The van der Waals surface area contributed by atoms with Crippen molar-refractivity contribution < 1.29 is 4.79 Å². The highest BCUT2D eigenvalue weighted by atomic mass is 35.5. The van der Waals surface area contributed by atoms with E-state index in [1.54, 1.807) is 0 Å². The largest absolute Gasteiger partial charge is 0.354 e. The van der Waals surface area contributed by atoms with Crippen molar-refractivity contribution in [1.29, 1.82) is 0 Å². The van der Waals surface area contributed by atoms with Crippen LogP contribution in [0.25, 0.3) is 0 Å². The van der Waals surface area contributed by atoms with Crippen molar-refractivity contribution in [2.45, 2.75) is 51.5 Å². The lowest BCUT2D eigenvalue weighted by Crippen LogP contribution is -2.37. The fourth-order valence-electron chi connectivity index (χ4n) is 3.08. The lowest BCUT2D eigenvalue weighted by atomic mass is 9.79. The van der Waals surface area contributed by atoms with Gasteiger partial charge in [0.2, 0.25) is 5.91 Å². The van der Waals surface area contributed by atoms with Crippen LogP contribution in [0.1, 0.15) is 44.7 Å². The van der Waals surface area contributed by atoms with Gasteiger partial charge in [-0.1, -0.05) is 67.9 Å². The van der Waals surface area contributed by atoms with Crippen LogP contribution in [0, 0.1) is 0 Å². The summed E-state index contributed by atoms with van der Waals surface area (Å²) in [6, 6.07) is 18.2. The van der Waals surface area contributed by atoms with E-state index in [2.05, 4.69) is 50.4 Å². The molecule has 2 aromatic carbocycles. The van der Waals surface area contributed by atoms with E-state index in [0.717, 1.165) is 23.4 Å². The Morgan fingerprint density at radius 1 is 1.08 bits per heavy atom. The van der Waals surface area contributed by atoms with Crippen LogP contribution in [-0.2, 0) is 16.6 Å². The van der Waals surface area contributed by atoms with Crippen LogP contribution in [-0.4, -0.2) is 11.9 Å². The molecule has 2 aromatic rings. The van der Waals surface area contributed by atoms with E-state index < -0.39 is 0 Å². The molecule has 0 saturated heterocycles. The molecule has 0 heterocycles. The van der Waals surface area contributed by atoms with Gasteiger partial charge in [-0.15, -0.1) is 0 Å². The van der Waals surface area contributed by atoms with E-state index in [9.17, 15) is 4.79 Å². The van der Waals surface area contributed by atoms with Crippen molar-refractivity contribution in [2.24, 2.45) is 0 Å². The molecule has 128 valence electrons. The zero-order valence-corrected chi connectivity index (χ0v) is 15.4. The fraction of sp³-hybridized carbons (Fsp3) is 0.381. The number of nitrogens with one attached hydrogen (secondary N) is 1. The number of benzene rings is 2. The third-order valence-electron chi connectivity index (χ3n) is 4.33. The highest BCUT2D eigenvalue weighted by molar-refractivity contribution is 6.30. The molecular formula is C21H26ClNO. The van der Waals surface area contributed by atoms with Gasteiger partial charge in [0, 0.05) is 17.5 Å². The number of aryl methyl sites for hydroxylation is 1. The quantitative estimate of drug-likeness (QED) is 0.740. The van der Waals surface area contributed by atoms with Gasteiger partial charge in [-0.05, 0) is 48.4 Å². The number of carbonyl (C=O) groups is 1. The second-order valence-corrected chi connectivity index (χ2v) is 7.49. The van der Waals surface area contributed by atoms with Crippen LogP contribution < -0.4 is 5.32 Å². The predicted octanol–water partition coefficient (Wildman–Crippen LogP) is 5.15. The number of hydrogen-bond donors (Lipinski definition) is 1. The van der Waals surface area contributed by atoms with E-state index in [4.69, 9.17) is 11.6 Å². The summed E-state index contributed by atoms with van der Waals surface area (Å²) in [7, 11) is 0. The predicted molar refractivity (Wildman–Crippen MR) is 101 cm³/mol. The summed E-state index contributed by atoms with van der Waals surface area (Å²) in [6.45, 7) is 6.52. The first-order chi connectivity index (χ1) is 11.4. The molecule has 0 aromatic heterocycles. The summed E-state index contributed by atoms with van der Waals surface area (Å²) in [5.41, 5.74) is 2.46. The molecule has 0 bridgehead atoms. The number of carbonyl (C=O) groups excluding carboxylic acids is 1. The van der Waals surface area contributed by atoms with Crippen LogP contribution >= 0.6 is 11.6 Å². The smallest absolute Gasteiger partial charge is 0.220 e. The zero-order chi connectivity index (χ0) is 17.6. The Bertz CT molecular complexity index is 649. The van der Waals surface area contributed by atoms with Gasteiger partial charge < -0.3 is 5.32 Å². The molecule has 2 nitrogen and oxygen atoms in total. The SMILES string of the molecule is C[C@@H](CC(C)(C)c1ccccc1)NC(=O)CCc1ccc(Cl)cc1. The van der Waals surface area contributed by atoms with Crippen molar-refractivity contribution in [3.8, 4) is 0 Å². The van der Waals surface area contributed by atoms with Crippen molar-refractivity contribution >= 4 is 17.5 Å². The van der Waals surface area contributed by atoms with Gasteiger partial charge in [0.25, 0.3) is 0 Å². The molecule has 3 heteroatoms. The summed E-state index contributed by atoms with van der Waals surface area (Å²) < 4.78 is 0. The maximum atomic E-state index is 12.2. The molecule has 0 aliphatic heterocycles. The Balaban J connectivity index is 1.82. The van der Waals surface area contributed by atoms with Crippen LogP contribution in [0.5, 0.6) is 0 Å². The monoisotopic (exact) mass is 343 g/mol. The van der Waals surface area contributed by atoms with E-state index in [1.165, 1.54) is 5.56 Å². The third kappa shape index (κ3) is 5.68.